The first-order chi connectivity index (χ1) is 13.9. The molecule has 2 N–H and O–H groups in total. The van der Waals surface area contributed by atoms with Crippen LogP contribution in [0.5, 0.6) is 0 Å². The molecule has 5 saturated carbocycles. The number of hydrogen-bond acceptors (Lipinski definition) is 2. The number of aliphatic carboxylic acids is 1. The number of carboxylic acids is 1. The molecular formula is C27H44O3. The van der Waals surface area contributed by atoms with E-state index in [1.165, 1.54) is 25.7 Å². The zero-order valence-electron chi connectivity index (χ0n) is 20.0. The fraction of sp³-hybridized carbons (Fsp3) is 0.963. The van der Waals surface area contributed by atoms with Gasteiger partial charge in [-0.05, 0) is 110 Å². The van der Waals surface area contributed by atoms with E-state index in [1.807, 2.05) is 0 Å². The molecule has 0 saturated heterocycles. The quantitative estimate of drug-likeness (QED) is 0.528. The SMILES string of the molecule is CC1(C)C2CC[C@]3(C)C(CCC4C5CCC[C@]5(C(=O)O)CC[C@]43C)[C@@]2(C)CC[C@@H]1O. The lowest BCUT2D eigenvalue weighted by Gasteiger charge is -2.72. The molecule has 170 valence electrons. The van der Waals surface area contributed by atoms with Gasteiger partial charge in [0.1, 0.15) is 0 Å². The van der Waals surface area contributed by atoms with Crippen LogP contribution in [-0.2, 0) is 4.79 Å². The summed E-state index contributed by atoms with van der Waals surface area (Å²) in [6.45, 7) is 12.4. The average molecular weight is 417 g/mol. The van der Waals surface area contributed by atoms with Gasteiger partial charge in [0.2, 0.25) is 0 Å². The monoisotopic (exact) mass is 416 g/mol. The average Bonchev–Trinajstić information content (AvgIpc) is 3.11. The smallest absolute Gasteiger partial charge is 0.309 e. The molecule has 0 heterocycles. The summed E-state index contributed by atoms with van der Waals surface area (Å²) in [5.74, 6) is 1.77. The van der Waals surface area contributed by atoms with E-state index in [1.54, 1.807) is 0 Å². The van der Waals surface area contributed by atoms with Gasteiger partial charge in [-0.15, -0.1) is 0 Å². The van der Waals surface area contributed by atoms with Gasteiger partial charge in [-0.2, -0.15) is 0 Å². The lowest BCUT2D eigenvalue weighted by molar-refractivity contribution is -0.246. The van der Waals surface area contributed by atoms with E-state index in [0.29, 0.717) is 34.5 Å². The fourth-order valence-corrected chi connectivity index (χ4v) is 10.9. The molecule has 3 heteroatoms. The van der Waals surface area contributed by atoms with Crippen molar-refractivity contribution in [2.45, 2.75) is 111 Å². The minimum Gasteiger partial charge on any atom is -0.481 e. The van der Waals surface area contributed by atoms with Crippen molar-refractivity contribution in [1.29, 1.82) is 0 Å². The lowest BCUT2D eigenvalue weighted by atomic mass is 9.32. The van der Waals surface area contributed by atoms with Gasteiger partial charge in [-0.3, -0.25) is 4.79 Å². The molecule has 9 atom stereocenters. The first kappa shape index (κ1) is 21.3. The Balaban J connectivity index is 1.53. The zero-order valence-corrected chi connectivity index (χ0v) is 20.0. The standard InChI is InChI=1S/C27H44O3/c1-23(2)19-10-14-26(5)20(24(19,3)13-11-21(23)28)9-8-17-18-7-6-12-27(18,22(29)30)16-15-25(17,26)4/h17-21,28H,6-16H2,1-5H3,(H,29,30)/t17?,18?,19?,20?,21-,24-,25+,26+,27-/m0/s1. The number of fused-ring (bicyclic) bond motifs is 7. The van der Waals surface area contributed by atoms with Crippen LogP contribution in [0.1, 0.15) is 105 Å². The lowest BCUT2D eigenvalue weighted by Crippen LogP contribution is -2.66. The fourth-order valence-electron chi connectivity index (χ4n) is 10.9. The molecule has 5 aliphatic carbocycles. The molecule has 0 aromatic carbocycles. The van der Waals surface area contributed by atoms with E-state index in [0.717, 1.165) is 44.9 Å². The normalized spacial score (nSPS) is 56.9. The van der Waals surface area contributed by atoms with E-state index in [2.05, 4.69) is 34.6 Å². The van der Waals surface area contributed by atoms with Crippen molar-refractivity contribution in [2.75, 3.05) is 0 Å². The van der Waals surface area contributed by atoms with Crippen molar-refractivity contribution in [3.63, 3.8) is 0 Å². The summed E-state index contributed by atoms with van der Waals surface area (Å²) in [7, 11) is 0. The Bertz CT molecular complexity index is 744. The van der Waals surface area contributed by atoms with E-state index in [4.69, 9.17) is 0 Å². The summed E-state index contributed by atoms with van der Waals surface area (Å²) in [5, 5.41) is 21.0. The van der Waals surface area contributed by atoms with Crippen LogP contribution < -0.4 is 0 Å². The molecule has 0 spiro atoms. The molecule has 0 bridgehead atoms. The van der Waals surface area contributed by atoms with Crippen molar-refractivity contribution in [3.8, 4) is 0 Å². The van der Waals surface area contributed by atoms with Gasteiger partial charge in [0.15, 0.2) is 0 Å². The zero-order chi connectivity index (χ0) is 21.7. The molecule has 4 unspecified atom stereocenters. The molecule has 3 nitrogen and oxygen atoms in total. The van der Waals surface area contributed by atoms with Crippen LogP contribution in [0.25, 0.3) is 0 Å². The highest BCUT2D eigenvalue weighted by Gasteiger charge is 2.70. The summed E-state index contributed by atoms with van der Waals surface area (Å²) in [5.41, 5.74) is 0.444. The van der Waals surface area contributed by atoms with Crippen LogP contribution in [0.15, 0.2) is 0 Å². The topological polar surface area (TPSA) is 57.5 Å². The van der Waals surface area contributed by atoms with Crippen molar-refractivity contribution in [3.05, 3.63) is 0 Å². The predicted molar refractivity (Wildman–Crippen MR) is 119 cm³/mol. The van der Waals surface area contributed by atoms with Gasteiger partial charge in [-0.1, -0.05) is 41.0 Å². The summed E-state index contributed by atoms with van der Waals surface area (Å²) >= 11 is 0. The first-order valence-electron chi connectivity index (χ1n) is 12.8. The second kappa shape index (κ2) is 6.27. The molecule has 0 aromatic heterocycles. The Morgan fingerprint density at radius 2 is 1.47 bits per heavy atom. The third-order valence-electron chi connectivity index (χ3n) is 12.8. The van der Waals surface area contributed by atoms with Crippen LogP contribution in [0.3, 0.4) is 0 Å². The number of aliphatic hydroxyl groups excluding tert-OH is 1. The van der Waals surface area contributed by atoms with E-state index < -0.39 is 11.4 Å². The minimum absolute atomic E-state index is 0.00254. The number of rotatable bonds is 1. The Kier molecular flexibility index (Phi) is 4.45. The van der Waals surface area contributed by atoms with Crippen molar-refractivity contribution in [2.24, 2.45) is 50.7 Å². The Morgan fingerprint density at radius 1 is 0.733 bits per heavy atom. The maximum Gasteiger partial charge on any atom is 0.309 e. The van der Waals surface area contributed by atoms with Crippen LogP contribution in [0.2, 0.25) is 0 Å². The van der Waals surface area contributed by atoms with Crippen molar-refractivity contribution >= 4 is 5.97 Å². The van der Waals surface area contributed by atoms with Crippen LogP contribution in [-0.4, -0.2) is 22.3 Å². The maximum absolute atomic E-state index is 12.4. The molecule has 30 heavy (non-hydrogen) atoms. The highest BCUT2D eigenvalue weighted by molar-refractivity contribution is 5.76. The van der Waals surface area contributed by atoms with Crippen LogP contribution >= 0.6 is 0 Å². The molecule has 5 fully saturated rings. The number of aliphatic hydroxyl groups is 1. The van der Waals surface area contributed by atoms with Crippen LogP contribution in [0, 0.1) is 50.7 Å². The van der Waals surface area contributed by atoms with Gasteiger partial charge >= 0.3 is 5.97 Å². The predicted octanol–water partition coefficient (Wildman–Crippen LogP) is 6.29. The highest BCUT2D eigenvalue weighted by atomic mass is 16.4. The summed E-state index contributed by atoms with van der Waals surface area (Å²) in [6.07, 6.45) is 12.0. The van der Waals surface area contributed by atoms with Crippen molar-refractivity contribution < 1.29 is 15.0 Å². The second-order valence-electron chi connectivity index (χ2n) is 13.5. The van der Waals surface area contributed by atoms with E-state index in [-0.39, 0.29) is 16.9 Å². The van der Waals surface area contributed by atoms with Gasteiger partial charge < -0.3 is 10.2 Å². The van der Waals surface area contributed by atoms with E-state index >= 15 is 0 Å². The molecule has 5 rings (SSSR count). The third-order valence-corrected chi connectivity index (χ3v) is 12.8. The van der Waals surface area contributed by atoms with Gasteiger partial charge in [0.05, 0.1) is 11.5 Å². The summed E-state index contributed by atoms with van der Waals surface area (Å²) < 4.78 is 0. The Morgan fingerprint density at radius 3 is 2.17 bits per heavy atom. The van der Waals surface area contributed by atoms with Crippen LogP contribution in [0.4, 0.5) is 0 Å². The molecule has 0 radical (unpaired) electrons. The number of hydrogen-bond donors (Lipinski definition) is 2. The first-order valence-corrected chi connectivity index (χ1v) is 12.8. The molecule has 5 aliphatic rings. The highest BCUT2D eigenvalue weighted by Crippen LogP contribution is 2.76. The third kappa shape index (κ3) is 2.29. The number of carboxylic acid groups (broad SMARTS) is 1. The minimum atomic E-state index is -0.502. The largest absolute Gasteiger partial charge is 0.481 e. The molecule has 0 aliphatic heterocycles. The summed E-state index contributed by atoms with van der Waals surface area (Å²) in [4.78, 5) is 12.4. The Labute approximate surface area is 183 Å². The maximum atomic E-state index is 12.4. The van der Waals surface area contributed by atoms with Crippen molar-refractivity contribution in [1.82, 2.24) is 0 Å². The summed E-state index contributed by atoms with van der Waals surface area (Å²) in [6, 6.07) is 0. The number of carbonyl (C=O) groups is 1. The second-order valence-corrected chi connectivity index (χ2v) is 13.5. The Hall–Kier alpha value is -0.570. The van der Waals surface area contributed by atoms with Gasteiger partial charge in [0, 0.05) is 0 Å². The van der Waals surface area contributed by atoms with Gasteiger partial charge in [0.25, 0.3) is 0 Å². The molecular weight excluding hydrogens is 372 g/mol. The molecule has 0 amide bonds. The van der Waals surface area contributed by atoms with E-state index in [9.17, 15) is 15.0 Å². The van der Waals surface area contributed by atoms with Gasteiger partial charge in [-0.25, -0.2) is 0 Å². The molecule has 0 aromatic rings.